The summed E-state index contributed by atoms with van der Waals surface area (Å²) in [5.41, 5.74) is 1.61. The molecule has 3 aromatic rings. The largest absolute Gasteiger partial charge is 0.514 e. The predicted molar refractivity (Wildman–Crippen MR) is 98.6 cm³/mol. The summed E-state index contributed by atoms with van der Waals surface area (Å²) in [6.45, 7) is 3.32. The zero-order valence-corrected chi connectivity index (χ0v) is 16.3. The van der Waals surface area contributed by atoms with E-state index in [1.807, 2.05) is 0 Å². The van der Waals surface area contributed by atoms with Crippen LogP contribution in [0.5, 0.6) is 5.75 Å². The average Bonchev–Trinajstić information content (AvgIpc) is 3.03. The van der Waals surface area contributed by atoms with Gasteiger partial charge in [-0.2, -0.15) is 0 Å². The van der Waals surface area contributed by atoms with Gasteiger partial charge in [0.25, 0.3) is 5.69 Å². The quantitative estimate of drug-likeness (QED) is 0.244. The first-order valence-electron chi connectivity index (χ1n) is 7.89. The van der Waals surface area contributed by atoms with Gasteiger partial charge in [-0.1, -0.05) is 5.16 Å². The van der Waals surface area contributed by atoms with E-state index < -0.39 is 11.1 Å². The number of nitro groups is 1. The molecular formula is C17H13BrN4O6. The zero-order valence-electron chi connectivity index (χ0n) is 14.7. The minimum atomic E-state index is -0.978. The molecule has 0 saturated heterocycles. The molecule has 0 aliphatic heterocycles. The average molecular weight is 449 g/mol. The highest BCUT2D eigenvalue weighted by Gasteiger charge is 2.20. The fraction of sp³-hybridized carbons (Fsp3) is 0.176. The van der Waals surface area contributed by atoms with E-state index in [1.54, 1.807) is 20.0 Å². The number of hydrogen-bond donors (Lipinski definition) is 0. The standard InChI is InChI=1S/C17H13BrN4O6/c1-9-13(15(28-21-9)16-19-7-14(18)10(2)20-16)8-26-17(23)27-12-5-3-11(4-6-12)22(24)25/h3-7H,8H2,1-2H3. The van der Waals surface area contributed by atoms with Gasteiger partial charge in [-0.05, 0) is 41.9 Å². The van der Waals surface area contributed by atoms with E-state index in [9.17, 15) is 14.9 Å². The van der Waals surface area contributed by atoms with Crippen molar-refractivity contribution >= 4 is 27.8 Å². The van der Waals surface area contributed by atoms with Crippen LogP contribution < -0.4 is 4.74 Å². The molecule has 3 rings (SSSR count). The fourth-order valence-corrected chi connectivity index (χ4v) is 2.38. The number of hydrogen-bond acceptors (Lipinski definition) is 9. The number of aromatic nitrogens is 3. The van der Waals surface area contributed by atoms with Gasteiger partial charge in [-0.3, -0.25) is 10.1 Å². The molecule has 2 heterocycles. The van der Waals surface area contributed by atoms with E-state index in [4.69, 9.17) is 14.0 Å². The summed E-state index contributed by atoms with van der Waals surface area (Å²) < 4.78 is 16.1. The third-order valence-corrected chi connectivity index (χ3v) is 4.47. The van der Waals surface area contributed by atoms with Crippen LogP contribution in [0.1, 0.15) is 17.0 Å². The van der Waals surface area contributed by atoms with Crippen molar-refractivity contribution in [3.63, 3.8) is 0 Å². The monoisotopic (exact) mass is 448 g/mol. The summed E-state index contributed by atoms with van der Waals surface area (Å²) in [6, 6.07) is 5.04. The van der Waals surface area contributed by atoms with Crippen LogP contribution >= 0.6 is 15.9 Å². The lowest BCUT2D eigenvalue weighted by molar-refractivity contribution is -0.384. The number of rotatable bonds is 5. The van der Waals surface area contributed by atoms with Gasteiger partial charge in [0.1, 0.15) is 12.4 Å². The fourth-order valence-electron chi connectivity index (χ4n) is 2.19. The molecule has 2 aromatic heterocycles. The van der Waals surface area contributed by atoms with E-state index >= 15 is 0 Å². The number of halogens is 1. The number of non-ortho nitro benzene ring substituents is 1. The molecule has 0 amide bonds. The molecule has 1 aromatic carbocycles. The normalized spacial score (nSPS) is 10.5. The summed E-state index contributed by atoms with van der Waals surface area (Å²) in [7, 11) is 0. The van der Waals surface area contributed by atoms with Crippen LogP contribution in [0.2, 0.25) is 0 Å². The van der Waals surface area contributed by atoms with E-state index in [1.165, 1.54) is 24.3 Å². The predicted octanol–water partition coefficient (Wildman–Crippen LogP) is 4.13. The minimum absolute atomic E-state index is 0.115. The Kier molecular flexibility index (Phi) is 5.64. The van der Waals surface area contributed by atoms with Crippen molar-refractivity contribution in [2.75, 3.05) is 0 Å². The smallest absolute Gasteiger partial charge is 0.429 e. The number of nitro benzene ring substituents is 1. The van der Waals surface area contributed by atoms with E-state index in [0.717, 1.165) is 4.47 Å². The first kappa shape index (κ1) is 19.4. The second kappa shape index (κ2) is 8.13. The molecule has 0 aliphatic rings. The number of carbonyl (C=O) groups excluding carboxylic acids is 1. The lowest BCUT2D eigenvalue weighted by Crippen LogP contribution is -2.11. The van der Waals surface area contributed by atoms with Gasteiger partial charge in [0.2, 0.25) is 5.76 Å². The highest BCUT2D eigenvalue weighted by molar-refractivity contribution is 9.10. The van der Waals surface area contributed by atoms with Crippen molar-refractivity contribution in [1.82, 2.24) is 15.1 Å². The summed E-state index contributed by atoms with van der Waals surface area (Å²) in [5, 5.41) is 14.5. The maximum Gasteiger partial charge on any atom is 0.514 e. The van der Waals surface area contributed by atoms with Gasteiger partial charge in [0, 0.05) is 18.3 Å². The van der Waals surface area contributed by atoms with Crippen LogP contribution in [0.3, 0.4) is 0 Å². The number of carbonyl (C=O) groups is 1. The maximum absolute atomic E-state index is 11.9. The van der Waals surface area contributed by atoms with E-state index in [-0.39, 0.29) is 23.8 Å². The highest BCUT2D eigenvalue weighted by Crippen LogP contribution is 2.26. The second-order valence-electron chi connectivity index (χ2n) is 5.59. The SMILES string of the molecule is Cc1nc(-c2onc(C)c2COC(=O)Oc2ccc([N+](=O)[O-])cc2)ncc1Br. The first-order valence-corrected chi connectivity index (χ1v) is 8.68. The number of nitrogens with zero attached hydrogens (tertiary/aromatic N) is 4. The third-order valence-electron chi connectivity index (χ3n) is 3.69. The molecule has 28 heavy (non-hydrogen) atoms. The van der Waals surface area contributed by atoms with Crippen LogP contribution in [0.4, 0.5) is 10.5 Å². The Labute approximate surface area is 166 Å². The topological polar surface area (TPSA) is 130 Å². The third kappa shape index (κ3) is 4.31. The van der Waals surface area contributed by atoms with Crippen molar-refractivity contribution in [3.05, 3.63) is 62.0 Å². The lowest BCUT2D eigenvalue weighted by Gasteiger charge is -2.06. The van der Waals surface area contributed by atoms with Gasteiger partial charge >= 0.3 is 6.16 Å². The summed E-state index contributed by atoms with van der Waals surface area (Å²) in [4.78, 5) is 30.5. The molecule has 0 aliphatic carbocycles. The molecule has 11 heteroatoms. The molecule has 0 bridgehead atoms. The zero-order chi connectivity index (χ0) is 20.3. The first-order chi connectivity index (χ1) is 13.3. The molecule has 0 saturated carbocycles. The highest BCUT2D eigenvalue weighted by atomic mass is 79.9. The second-order valence-corrected chi connectivity index (χ2v) is 6.45. The van der Waals surface area contributed by atoms with Gasteiger partial charge in [-0.25, -0.2) is 14.8 Å². The van der Waals surface area contributed by atoms with Crippen LogP contribution in [0.15, 0.2) is 39.5 Å². The molecule has 0 spiro atoms. The number of ether oxygens (including phenoxy) is 2. The van der Waals surface area contributed by atoms with Gasteiger partial charge < -0.3 is 14.0 Å². The Balaban J connectivity index is 1.69. The van der Waals surface area contributed by atoms with Crippen LogP contribution in [0, 0.1) is 24.0 Å². The lowest BCUT2D eigenvalue weighted by atomic mass is 10.2. The molecule has 0 atom stereocenters. The van der Waals surface area contributed by atoms with Crippen LogP contribution in [-0.4, -0.2) is 26.2 Å². The Morgan fingerprint density at radius 1 is 1.25 bits per heavy atom. The van der Waals surface area contributed by atoms with Crippen molar-refractivity contribution in [1.29, 1.82) is 0 Å². The van der Waals surface area contributed by atoms with Crippen molar-refractivity contribution in [3.8, 4) is 17.3 Å². The Morgan fingerprint density at radius 2 is 1.96 bits per heavy atom. The molecule has 10 nitrogen and oxygen atoms in total. The molecule has 0 fully saturated rings. The van der Waals surface area contributed by atoms with Gasteiger partial charge in [0.15, 0.2) is 5.82 Å². The molecular weight excluding hydrogens is 436 g/mol. The molecule has 0 unspecified atom stereocenters. The van der Waals surface area contributed by atoms with Gasteiger partial charge in [-0.15, -0.1) is 0 Å². The van der Waals surface area contributed by atoms with E-state index in [0.29, 0.717) is 22.8 Å². The van der Waals surface area contributed by atoms with Crippen LogP contribution in [0.25, 0.3) is 11.6 Å². The van der Waals surface area contributed by atoms with Crippen molar-refractivity contribution in [2.45, 2.75) is 20.5 Å². The molecule has 0 radical (unpaired) electrons. The summed E-state index contributed by atoms with van der Waals surface area (Å²) in [5.74, 6) is 0.713. The summed E-state index contributed by atoms with van der Waals surface area (Å²) >= 11 is 3.32. The Hall–Kier alpha value is -3.34. The number of aryl methyl sites for hydroxylation is 2. The van der Waals surface area contributed by atoms with Gasteiger partial charge in [0.05, 0.1) is 26.3 Å². The number of benzene rings is 1. The Bertz CT molecular complexity index is 1030. The minimum Gasteiger partial charge on any atom is -0.429 e. The van der Waals surface area contributed by atoms with Crippen molar-refractivity contribution in [2.24, 2.45) is 0 Å². The Morgan fingerprint density at radius 3 is 2.61 bits per heavy atom. The van der Waals surface area contributed by atoms with E-state index in [2.05, 4.69) is 31.1 Å². The maximum atomic E-state index is 11.9. The van der Waals surface area contributed by atoms with Crippen molar-refractivity contribution < 1.29 is 23.7 Å². The van der Waals surface area contributed by atoms with Crippen LogP contribution in [-0.2, 0) is 11.3 Å². The molecule has 0 N–H and O–H groups in total. The molecule has 144 valence electrons. The summed E-state index contributed by atoms with van der Waals surface area (Å²) in [6.07, 6.45) is 0.608.